The van der Waals surface area contributed by atoms with Crippen LogP contribution >= 0.6 is 12.4 Å². The Hall–Kier alpha value is -3.21. The third-order valence-electron chi connectivity index (χ3n) is 3.95. The van der Waals surface area contributed by atoms with Crippen molar-refractivity contribution in [2.24, 2.45) is 5.73 Å². The maximum absolute atomic E-state index is 11.7. The standard InChI is InChI=1S/C21H23N3O4.ClH/c1-4-28-20-12-15(6-8-19(20)27-3)16(9-10-22)14-5-7-18(26-2)17(11-14)24-21(25)13-23;/h5-9,11-12H,4,13,23H2,1-3H3,(H,24,25);1H. The molecule has 0 aliphatic heterocycles. The Morgan fingerprint density at radius 3 is 2.28 bits per heavy atom. The van der Waals surface area contributed by atoms with E-state index in [0.29, 0.717) is 35.1 Å². The van der Waals surface area contributed by atoms with E-state index in [-0.39, 0.29) is 24.9 Å². The van der Waals surface area contributed by atoms with Crippen LogP contribution in [0.3, 0.4) is 0 Å². The SMILES string of the molecule is CCOc1cc(C(=CC#N)c2ccc(OC)c(NC(=O)CN)c2)ccc1OC.Cl. The highest BCUT2D eigenvalue weighted by Crippen LogP contribution is 2.35. The van der Waals surface area contributed by atoms with Crippen LogP contribution in [-0.2, 0) is 4.79 Å². The van der Waals surface area contributed by atoms with Crippen molar-refractivity contribution >= 4 is 29.6 Å². The van der Waals surface area contributed by atoms with Gasteiger partial charge in [-0.25, -0.2) is 0 Å². The van der Waals surface area contributed by atoms with Gasteiger partial charge < -0.3 is 25.3 Å². The first kappa shape index (κ1) is 23.8. The number of nitrogens with two attached hydrogens (primary N) is 1. The normalized spacial score (nSPS) is 10.4. The number of methoxy groups -OCH3 is 2. The number of carbonyl (C=O) groups excluding carboxylic acids is 1. The molecule has 8 heteroatoms. The first-order valence-corrected chi connectivity index (χ1v) is 8.67. The summed E-state index contributed by atoms with van der Waals surface area (Å²) in [7, 11) is 3.08. The molecule has 154 valence electrons. The number of nitrogens with one attached hydrogen (secondary N) is 1. The number of nitrogens with zero attached hydrogens (tertiary/aromatic N) is 1. The van der Waals surface area contributed by atoms with Gasteiger partial charge in [-0.05, 0) is 47.9 Å². The van der Waals surface area contributed by atoms with Crippen molar-refractivity contribution in [3.63, 3.8) is 0 Å². The van der Waals surface area contributed by atoms with E-state index in [4.69, 9.17) is 19.9 Å². The lowest BCUT2D eigenvalue weighted by molar-refractivity contribution is -0.114. The molecule has 0 radical (unpaired) electrons. The number of benzene rings is 2. The van der Waals surface area contributed by atoms with Crippen molar-refractivity contribution in [1.29, 1.82) is 5.26 Å². The van der Waals surface area contributed by atoms with Crippen LogP contribution in [0.2, 0.25) is 0 Å². The maximum atomic E-state index is 11.7. The fourth-order valence-electron chi connectivity index (χ4n) is 2.68. The van der Waals surface area contributed by atoms with E-state index in [0.717, 1.165) is 11.1 Å². The Bertz CT molecular complexity index is 923. The van der Waals surface area contributed by atoms with Crippen LogP contribution in [0.4, 0.5) is 5.69 Å². The molecule has 0 saturated carbocycles. The van der Waals surface area contributed by atoms with Crippen molar-refractivity contribution in [3.8, 4) is 23.3 Å². The Morgan fingerprint density at radius 2 is 1.72 bits per heavy atom. The predicted molar refractivity (Wildman–Crippen MR) is 115 cm³/mol. The van der Waals surface area contributed by atoms with Crippen LogP contribution in [0.25, 0.3) is 5.57 Å². The van der Waals surface area contributed by atoms with Crippen LogP contribution in [0.1, 0.15) is 18.1 Å². The topological polar surface area (TPSA) is 107 Å². The molecule has 0 aliphatic rings. The van der Waals surface area contributed by atoms with Gasteiger partial charge >= 0.3 is 0 Å². The molecule has 2 aromatic carbocycles. The first-order chi connectivity index (χ1) is 13.6. The second-order valence-corrected chi connectivity index (χ2v) is 5.65. The first-order valence-electron chi connectivity index (χ1n) is 8.67. The van der Waals surface area contributed by atoms with Crippen LogP contribution in [-0.4, -0.2) is 33.3 Å². The Labute approximate surface area is 176 Å². The Balaban J connectivity index is 0.00000420. The summed E-state index contributed by atoms with van der Waals surface area (Å²) in [6, 6.07) is 12.8. The Morgan fingerprint density at radius 1 is 1.10 bits per heavy atom. The zero-order valence-electron chi connectivity index (χ0n) is 16.5. The molecule has 0 atom stereocenters. The minimum Gasteiger partial charge on any atom is -0.495 e. The Kier molecular flexibility index (Phi) is 9.52. The van der Waals surface area contributed by atoms with Crippen LogP contribution in [0.15, 0.2) is 42.5 Å². The molecule has 0 aliphatic carbocycles. The van der Waals surface area contributed by atoms with Gasteiger partial charge in [-0.3, -0.25) is 4.79 Å². The molecular weight excluding hydrogens is 394 g/mol. The smallest absolute Gasteiger partial charge is 0.238 e. The molecule has 2 aromatic rings. The van der Waals surface area contributed by atoms with Gasteiger partial charge in [-0.1, -0.05) is 12.1 Å². The van der Waals surface area contributed by atoms with Crippen LogP contribution in [0.5, 0.6) is 17.2 Å². The van der Waals surface area contributed by atoms with E-state index in [1.165, 1.54) is 13.2 Å². The molecule has 0 bridgehead atoms. The van der Waals surface area contributed by atoms with Crippen LogP contribution < -0.4 is 25.3 Å². The number of rotatable bonds is 8. The lowest BCUT2D eigenvalue weighted by Crippen LogP contribution is -2.22. The molecule has 3 N–H and O–H groups in total. The third kappa shape index (κ3) is 5.88. The summed E-state index contributed by atoms with van der Waals surface area (Å²) in [6.45, 7) is 2.22. The molecule has 1 amide bonds. The number of amides is 1. The third-order valence-corrected chi connectivity index (χ3v) is 3.95. The molecule has 0 heterocycles. The number of anilines is 1. The van der Waals surface area contributed by atoms with Gasteiger partial charge in [0.05, 0.1) is 39.1 Å². The molecule has 0 saturated heterocycles. The summed E-state index contributed by atoms with van der Waals surface area (Å²) < 4.78 is 16.2. The van der Waals surface area contributed by atoms with E-state index < -0.39 is 0 Å². The molecule has 0 aromatic heterocycles. The lowest BCUT2D eigenvalue weighted by atomic mass is 9.96. The fraction of sp³-hybridized carbons (Fsp3) is 0.238. The lowest BCUT2D eigenvalue weighted by Gasteiger charge is -2.15. The molecular formula is C21H24ClN3O4. The average Bonchev–Trinajstić information content (AvgIpc) is 2.72. The zero-order valence-corrected chi connectivity index (χ0v) is 17.3. The minimum absolute atomic E-state index is 0. The number of hydrogen-bond acceptors (Lipinski definition) is 6. The molecule has 29 heavy (non-hydrogen) atoms. The van der Waals surface area contributed by atoms with Crippen molar-refractivity contribution < 1.29 is 19.0 Å². The van der Waals surface area contributed by atoms with Gasteiger partial charge in [0.25, 0.3) is 0 Å². The van der Waals surface area contributed by atoms with E-state index in [1.54, 1.807) is 25.3 Å². The predicted octanol–water partition coefficient (Wildman–Crippen LogP) is 3.38. The number of ether oxygens (including phenoxy) is 3. The molecule has 7 nitrogen and oxygen atoms in total. The van der Waals surface area contributed by atoms with E-state index in [2.05, 4.69) is 11.4 Å². The highest BCUT2D eigenvalue weighted by Gasteiger charge is 2.14. The number of allylic oxidation sites excluding steroid dienone is 1. The highest BCUT2D eigenvalue weighted by molar-refractivity contribution is 5.95. The van der Waals surface area contributed by atoms with E-state index >= 15 is 0 Å². The monoisotopic (exact) mass is 417 g/mol. The molecule has 0 fully saturated rings. The summed E-state index contributed by atoms with van der Waals surface area (Å²) in [5.74, 6) is 1.33. The summed E-state index contributed by atoms with van der Waals surface area (Å²) in [6.07, 6.45) is 1.44. The van der Waals surface area contributed by atoms with Crippen molar-refractivity contribution in [2.45, 2.75) is 6.92 Å². The van der Waals surface area contributed by atoms with Gasteiger partial charge in [0, 0.05) is 6.08 Å². The van der Waals surface area contributed by atoms with E-state index in [9.17, 15) is 10.1 Å². The zero-order chi connectivity index (χ0) is 20.5. The van der Waals surface area contributed by atoms with Gasteiger partial charge in [-0.2, -0.15) is 5.26 Å². The molecule has 0 unspecified atom stereocenters. The summed E-state index contributed by atoms with van der Waals surface area (Å²) >= 11 is 0. The van der Waals surface area contributed by atoms with Crippen LogP contribution in [0, 0.1) is 11.3 Å². The molecule has 0 spiro atoms. The number of hydrogen-bond donors (Lipinski definition) is 2. The van der Waals surface area contributed by atoms with Crippen molar-refractivity contribution in [1.82, 2.24) is 0 Å². The molecule has 2 rings (SSSR count). The minimum atomic E-state index is -0.343. The maximum Gasteiger partial charge on any atom is 0.238 e. The average molecular weight is 418 g/mol. The summed E-state index contributed by atoms with van der Waals surface area (Å²) in [5, 5.41) is 12.0. The second-order valence-electron chi connectivity index (χ2n) is 5.65. The van der Waals surface area contributed by atoms with Crippen molar-refractivity contribution in [2.75, 3.05) is 32.7 Å². The fourth-order valence-corrected chi connectivity index (χ4v) is 2.68. The largest absolute Gasteiger partial charge is 0.495 e. The van der Waals surface area contributed by atoms with Crippen molar-refractivity contribution in [3.05, 3.63) is 53.6 Å². The number of halogens is 1. The summed E-state index contributed by atoms with van der Waals surface area (Å²) in [4.78, 5) is 11.7. The highest BCUT2D eigenvalue weighted by atomic mass is 35.5. The number of carbonyl (C=O) groups is 1. The number of nitriles is 1. The quantitative estimate of drug-likeness (QED) is 0.637. The van der Waals surface area contributed by atoms with Gasteiger partial charge in [0.15, 0.2) is 11.5 Å². The van der Waals surface area contributed by atoms with Gasteiger partial charge in [-0.15, -0.1) is 12.4 Å². The summed E-state index contributed by atoms with van der Waals surface area (Å²) in [5.41, 5.74) is 8.02. The second kappa shape index (κ2) is 11.6. The van der Waals surface area contributed by atoms with Gasteiger partial charge in [0.2, 0.25) is 5.91 Å². The van der Waals surface area contributed by atoms with E-state index in [1.807, 2.05) is 25.1 Å². The van der Waals surface area contributed by atoms with Gasteiger partial charge in [0.1, 0.15) is 5.75 Å².